The van der Waals surface area contributed by atoms with Gasteiger partial charge >= 0.3 is 5.97 Å². The number of nitrogens with one attached hydrogen (secondary N) is 1. The summed E-state index contributed by atoms with van der Waals surface area (Å²) in [5.74, 6) is 0.0815. The third kappa shape index (κ3) is 4.22. The summed E-state index contributed by atoms with van der Waals surface area (Å²) >= 11 is 0. The molecule has 1 N–H and O–H groups in total. The monoisotopic (exact) mass is 436 g/mol. The molecule has 33 heavy (non-hydrogen) atoms. The fraction of sp³-hybridized carbons (Fsp3) is 0.179. The molecule has 1 aliphatic carbocycles. The van der Waals surface area contributed by atoms with Gasteiger partial charge in [-0.3, -0.25) is 9.78 Å². The number of pyridine rings is 1. The van der Waals surface area contributed by atoms with Gasteiger partial charge in [0.25, 0.3) is 0 Å². The number of aromatic nitrogens is 1. The van der Waals surface area contributed by atoms with E-state index in [0.29, 0.717) is 18.0 Å². The molecule has 0 spiro atoms. The summed E-state index contributed by atoms with van der Waals surface area (Å²) in [7, 11) is 1.38. The molecule has 2 atom stereocenters. The molecule has 0 aliphatic heterocycles. The smallest absolute Gasteiger partial charge is 0.337 e. The van der Waals surface area contributed by atoms with Gasteiger partial charge in [-0.15, -0.1) is 0 Å². The number of esters is 1. The average Bonchev–Trinajstić information content (AvgIpc) is 3.68. The van der Waals surface area contributed by atoms with Gasteiger partial charge in [0.15, 0.2) is 0 Å². The zero-order chi connectivity index (χ0) is 22.8. The lowest BCUT2D eigenvalue weighted by molar-refractivity contribution is -0.122. The fourth-order valence-corrected chi connectivity index (χ4v) is 4.45. The standard InChI is InChI=1S/C28H24N2O3/c1-33-28(32)20-9-5-8-19(14-20)22-11-10-21(26-17-29-13-12-23(22)26)16-30-27(31)25-15-24(25)18-6-3-2-4-7-18/h2-14,17,24-25H,15-16H2,1H3,(H,30,31). The highest BCUT2D eigenvalue weighted by Gasteiger charge is 2.43. The number of amides is 1. The van der Waals surface area contributed by atoms with E-state index in [2.05, 4.69) is 22.4 Å². The quantitative estimate of drug-likeness (QED) is 0.427. The van der Waals surface area contributed by atoms with Crippen molar-refractivity contribution in [2.24, 2.45) is 5.92 Å². The summed E-state index contributed by atoms with van der Waals surface area (Å²) in [6.45, 7) is 0.446. The number of ether oxygens (including phenoxy) is 1. The summed E-state index contributed by atoms with van der Waals surface area (Å²) < 4.78 is 4.86. The Balaban J connectivity index is 1.37. The van der Waals surface area contributed by atoms with Gasteiger partial charge in [-0.05, 0) is 58.2 Å². The van der Waals surface area contributed by atoms with Gasteiger partial charge in [0.2, 0.25) is 5.91 Å². The molecular formula is C28H24N2O3. The molecule has 1 saturated carbocycles. The first-order valence-corrected chi connectivity index (χ1v) is 11.0. The van der Waals surface area contributed by atoms with Crippen LogP contribution in [0.5, 0.6) is 0 Å². The van der Waals surface area contributed by atoms with Crippen LogP contribution in [0.4, 0.5) is 0 Å². The molecule has 5 nitrogen and oxygen atoms in total. The molecule has 1 aromatic heterocycles. The van der Waals surface area contributed by atoms with E-state index in [0.717, 1.165) is 33.9 Å². The molecular weight excluding hydrogens is 412 g/mol. The van der Waals surface area contributed by atoms with Crippen molar-refractivity contribution in [1.29, 1.82) is 0 Å². The normalized spacial score (nSPS) is 16.9. The first-order valence-electron chi connectivity index (χ1n) is 11.0. The predicted octanol–water partition coefficient (Wildman–Crippen LogP) is 5.11. The molecule has 164 valence electrons. The van der Waals surface area contributed by atoms with Crippen LogP contribution in [0, 0.1) is 5.92 Å². The van der Waals surface area contributed by atoms with E-state index in [4.69, 9.17) is 4.74 Å². The van der Waals surface area contributed by atoms with E-state index in [1.54, 1.807) is 12.3 Å². The number of methoxy groups -OCH3 is 1. The highest BCUT2D eigenvalue weighted by molar-refractivity contribution is 5.99. The maximum Gasteiger partial charge on any atom is 0.337 e. The van der Waals surface area contributed by atoms with E-state index in [1.807, 2.05) is 60.8 Å². The lowest BCUT2D eigenvalue weighted by Crippen LogP contribution is -2.25. The van der Waals surface area contributed by atoms with Gasteiger partial charge in [-0.25, -0.2) is 4.79 Å². The van der Waals surface area contributed by atoms with Crippen LogP contribution in [0.3, 0.4) is 0 Å². The average molecular weight is 437 g/mol. The van der Waals surface area contributed by atoms with Gasteiger partial charge in [-0.2, -0.15) is 0 Å². The third-order valence-electron chi connectivity index (χ3n) is 6.31. The summed E-state index contributed by atoms with van der Waals surface area (Å²) in [5, 5.41) is 5.12. The van der Waals surface area contributed by atoms with Crippen LogP contribution in [0.25, 0.3) is 21.9 Å². The van der Waals surface area contributed by atoms with Crippen LogP contribution in [-0.2, 0) is 16.1 Å². The van der Waals surface area contributed by atoms with Crippen LogP contribution < -0.4 is 5.32 Å². The van der Waals surface area contributed by atoms with Crippen LogP contribution in [0.15, 0.2) is 85.2 Å². The molecule has 4 aromatic rings. The Hall–Kier alpha value is -3.99. The maximum atomic E-state index is 12.7. The van der Waals surface area contributed by atoms with Crippen LogP contribution in [-0.4, -0.2) is 24.0 Å². The maximum absolute atomic E-state index is 12.7. The third-order valence-corrected chi connectivity index (χ3v) is 6.31. The summed E-state index contributed by atoms with van der Waals surface area (Å²) in [5.41, 5.74) is 4.67. The molecule has 1 amide bonds. The Morgan fingerprint density at radius 1 is 1.00 bits per heavy atom. The van der Waals surface area contributed by atoms with Crippen molar-refractivity contribution < 1.29 is 14.3 Å². The molecule has 5 rings (SSSR count). The molecule has 3 aromatic carbocycles. The van der Waals surface area contributed by atoms with E-state index >= 15 is 0 Å². The Labute approximate surface area is 192 Å². The van der Waals surface area contributed by atoms with Gasteiger partial charge < -0.3 is 10.1 Å². The second-order valence-electron chi connectivity index (χ2n) is 8.34. The van der Waals surface area contributed by atoms with Gasteiger partial charge in [0, 0.05) is 30.2 Å². The molecule has 0 bridgehead atoms. The molecule has 5 heteroatoms. The lowest BCUT2D eigenvalue weighted by atomic mass is 9.95. The number of hydrogen-bond acceptors (Lipinski definition) is 4. The Morgan fingerprint density at radius 3 is 2.67 bits per heavy atom. The van der Waals surface area contributed by atoms with Crippen molar-refractivity contribution in [1.82, 2.24) is 10.3 Å². The number of benzene rings is 3. The zero-order valence-corrected chi connectivity index (χ0v) is 18.3. The van der Waals surface area contributed by atoms with Crippen molar-refractivity contribution in [3.05, 3.63) is 102 Å². The van der Waals surface area contributed by atoms with Crippen molar-refractivity contribution in [2.45, 2.75) is 18.9 Å². The molecule has 1 aliphatic rings. The largest absolute Gasteiger partial charge is 0.465 e. The molecule has 1 fully saturated rings. The SMILES string of the molecule is COC(=O)c1cccc(-c2ccc(CNC(=O)C3CC3c3ccccc3)c3cnccc23)c1. The Morgan fingerprint density at radius 2 is 1.85 bits per heavy atom. The van der Waals surface area contributed by atoms with Gasteiger partial charge in [-0.1, -0.05) is 54.6 Å². The number of hydrogen-bond donors (Lipinski definition) is 1. The molecule has 0 radical (unpaired) electrons. The minimum Gasteiger partial charge on any atom is -0.465 e. The predicted molar refractivity (Wildman–Crippen MR) is 128 cm³/mol. The van der Waals surface area contributed by atoms with Crippen molar-refractivity contribution in [3.63, 3.8) is 0 Å². The molecule has 0 saturated heterocycles. The number of fused-ring (bicyclic) bond motifs is 1. The summed E-state index contributed by atoms with van der Waals surface area (Å²) in [4.78, 5) is 29.0. The van der Waals surface area contributed by atoms with E-state index in [9.17, 15) is 9.59 Å². The first-order chi connectivity index (χ1) is 16.2. The van der Waals surface area contributed by atoms with Crippen LogP contribution in [0.1, 0.15) is 33.8 Å². The summed E-state index contributed by atoms with van der Waals surface area (Å²) in [6.07, 6.45) is 4.48. The molecule has 2 unspecified atom stereocenters. The Kier molecular flexibility index (Phi) is 5.61. The number of carbonyl (C=O) groups is 2. The van der Waals surface area contributed by atoms with Crippen molar-refractivity contribution in [2.75, 3.05) is 7.11 Å². The van der Waals surface area contributed by atoms with Crippen molar-refractivity contribution >= 4 is 22.6 Å². The minimum atomic E-state index is -0.365. The number of carbonyl (C=O) groups excluding carboxylic acids is 2. The Bertz CT molecular complexity index is 1330. The van der Waals surface area contributed by atoms with Gasteiger partial charge in [0.1, 0.15) is 0 Å². The minimum absolute atomic E-state index is 0.0390. The number of rotatable bonds is 6. The van der Waals surface area contributed by atoms with E-state index in [1.165, 1.54) is 12.7 Å². The zero-order valence-electron chi connectivity index (χ0n) is 18.3. The molecule has 1 heterocycles. The highest BCUT2D eigenvalue weighted by Crippen LogP contribution is 2.47. The second-order valence-corrected chi connectivity index (χ2v) is 8.34. The first kappa shape index (κ1) is 20.9. The van der Waals surface area contributed by atoms with Gasteiger partial charge in [0.05, 0.1) is 12.7 Å². The number of nitrogens with zero attached hydrogens (tertiary/aromatic N) is 1. The van der Waals surface area contributed by atoms with E-state index < -0.39 is 0 Å². The van der Waals surface area contributed by atoms with Crippen molar-refractivity contribution in [3.8, 4) is 11.1 Å². The highest BCUT2D eigenvalue weighted by atomic mass is 16.5. The van der Waals surface area contributed by atoms with E-state index in [-0.39, 0.29) is 17.8 Å². The lowest BCUT2D eigenvalue weighted by Gasteiger charge is -2.13. The fourth-order valence-electron chi connectivity index (χ4n) is 4.45. The topological polar surface area (TPSA) is 68.3 Å². The summed E-state index contributed by atoms with van der Waals surface area (Å²) in [6, 6.07) is 23.6. The second kappa shape index (κ2) is 8.87. The van der Waals surface area contributed by atoms with Crippen LogP contribution in [0.2, 0.25) is 0 Å². The van der Waals surface area contributed by atoms with Crippen LogP contribution >= 0.6 is 0 Å².